The van der Waals surface area contributed by atoms with Crippen molar-refractivity contribution in [2.75, 3.05) is 11.2 Å². The zero-order valence-corrected chi connectivity index (χ0v) is 14.2. The molecule has 0 saturated heterocycles. The van der Waals surface area contributed by atoms with Crippen molar-refractivity contribution in [1.29, 1.82) is 0 Å². The Kier molecular flexibility index (Phi) is 6.49. The number of benzene rings is 1. The molecule has 2 N–H and O–H groups in total. The van der Waals surface area contributed by atoms with Crippen molar-refractivity contribution >= 4 is 39.9 Å². The number of carbonyl (C=O) groups is 2. The number of alkyl halides is 1. The maximum Gasteiger partial charge on any atom is 0.248 e. The maximum absolute atomic E-state index is 12.1. The van der Waals surface area contributed by atoms with Crippen molar-refractivity contribution in [3.8, 4) is 10.6 Å². The summed E-state index contributed by atoms with van der Waals surface area (Å²) in [7, 11) is 0. The predicted molar refractivity (Wildman–Crippen MR) is 91.5 cm³/mol. The summed E-state index contributed by atoms with van der Waals surface area (Å²) in [4.78, 5) is 23.6. The van der Waals surface area contributed by atoms with Crippen molar-refractivity contribution in [2.24, 2.45) is 0 Å². The van der Waals surface area contributed by atoms with E-state index in [0.29, 0.717) is 23.9 Å². The Bertz CT molecular complexity index is 663. The summed E-state index contributed by atoms with van der Waals surface area (Å²) >= 11 is 6.81. The summed E-state index contributed by atoms with van der Waals surface area (Å²) < 4.78 is 0. The number of nitrogens with zero attached hydrogens (tertiary/aromatic N) is 2. The molecule has 1 unspecified atom stereocenters. The highest BCUT2D eigenvalue weighted by Crippen LogP contribution is 2.25. The molecule has 6 nitrogen and oxygen atoms in total. The van der Waals surface area contributed by atoms with Crippen LogP contribution in [0.4, 0.5) is 5.13 Å². The fourth-order valence-electron chi connectivity index (χ4n) is 1.79. The van der Waals surface area contributed by atoms with Crippen molar-refractivity contribution < 1.29 is 9.59 Å². The molecule has 1 aromatic carbocycles. The number of halogens is 1. The largest absolute Gasteiger partial charge is 0.345 e. The number of hydrogen-bond donors (Lipinski definition) is 2. The molecular formula is C15H17ClN4O2S. The zero-order valence-electron chi connectivity index (χ0n) is 12.6. The molecular weight excluding hydrogens is 336 g/mol. The fourth-order valence-corrected chi connectivity index (χ4v) is 2.68. The third-order valence-electron chi connectivity index (χ3n) is 2.98. The van der Waals surface area contributed by atoms with Crippen molar-refractivity contribution in [2.45, 2.75) is 25.8 Å². The summed E-state index contributed by atoms with van der Waals surface area (Å²) in [6.45, 7) is 1.62. The quantitative estimate of drug-likeness (QED) is 0.750. The van der Waals surface area contributed by atoms with Crippen LogP contribution in [0.25, 0.3) is 10.6 Å². The standard InChI is InChI=1S/C15H17ClN4O2S/c1-10(17-12(21)8-5-9-16)13(22)18-15-20-19-14(23-15)11-6-3-2-4-7-11/h2-4,6-7,10H,5,8-9H2,1H3,(H,17,21)(H,18,20,22). The Morgan fingerprint density at radius 3 is 2.70 bits per heavy atom. The van der Waals surface area contributed by atoms with Gasteiger partial charge in [-0.1, -0.05) is 41.7 Å². The van der Waals surface area contributed by atoms with Crippen LogP contribution < -0.4 is 10.6 Å². The van der Waals surface area contributed by atoms with E-state index in [9.17, 15) is 9.59 Å². The van der Waals surface area contributed by atoms with Crippen molar-refractivity contribution in [3.05, 3.63) is 30.3 Å². The highest BCUT2D eigenvalue weighted by Gasteiger charge is 2.17. The van der Waals surface area contributed by atoms with E-state index in [2.05, 4.69) is 20.8 Å². The topological polar surface area (TPSA) is 84.0 Å². The first kappa shape index (κ1) is 17.4. The van der Waals surface area contributed by atoms with Crippen LogP contribution in [0.15, 0.2) is 30.3 Å². The highest BCUT2D eigenvalue weighted by atomic mass is 35.5. The summed E-state index contributed by atoms with van der Waals surface area (Å²) in [5.74, 6) is -0.114. The first-order valence-electron chi connectivity index (χ1n) is 7.15. The first-order chi connectivity index (χ1) is 11.1. The number of amides is 2. The summed E-state index contributed by atoms with van der Waals surface area (Å²) in [6, 6.07) is 8.93. The molecule has 0 aliphatic carbocycles. The second-order valence-corrected chi connectivity index (χ2v) is 6.20. The Morgan fingerprint density at radius 1 is 1.26 bits per heavy atom. The van der Waals surface area contributed by atoms with Gasteiger partial charge in [0.1, 0.15) is 11.0 Å². The van der Waals surface area contributed by atoms with Crippen LogP contribution in [-0.4, -0.2) is 33.9 Å². The van der Waals surface area contributed by atoms with E-state index in [-0.39, 0.29) is 11.8 Å². The number of aromatic nitrogens is 2. The van der Waals surface area contributed by atoms with E-state index in [4.69, 9.17) is 11.6 Å². The van der Waals surface area contributed by atoms with E-state index in [0.717, 1.165) is 10.6 Å². The Balaban J connectivity index is 1.90. The van der Waals surface area contributed by atoms with Crippen LogP contribution >= 0.6 is 22.9 Å². The molecule has 0 fully saturated rings. The van der Waals surface area contributed by atoms with Gasteiger partial charge in [-0.25, -0.2) is 0 Å². The number of hydrogen-bond acceptors (Lipinski definition) is 5. The molecule has 0 aliphatic rings. The lowest BCUT2D eigenvalue weighted by molar-refractivity contribution is -0.126. The van der Waals surface area contributed by atoms with Crippen LogP contribution in [0.1, 0.15) is 19.8 Å². The molecule has 2 aromatic rings. The van der Waals surface area contributed by atoms with Gasteiger partial charge < -0.3 is 5.32 Å². The maximum atomic E-state index is 12.1. The molecule has 2 amide bonds. The van der Waals surface area contributed by atoms with Gasteiger partial charge in [0.2, 0.25) is 16.9 Å². The van der Waals surface area contributed by atoms with Gasteiger partial charge in [0.05, 0.1) is 0 Å². The lowest BCUT2D eigenvalue weighted by Crippen LogP contribution is -2.41. The molecule has 23 heavy (non-hydrogen) atoms. The molecule has 1 atom stereocenters. The third kappa shape index (κ3) is 5.30. The Morgan fingerprint density at radius 2 is 2.00 bits per heavy atom. The van der Waals surface area contributed by atoms with Gasteiger partial charge >= 0.3 is 0 Å². The number of nitrogens with one attached hydrogen (secondary N) is 2. The first-order valence-corrected chi connectivity index (χ1v) is 8.50. The minimum absolute atomic E-state index is 0.199. The van der Waals surface area contributed by atoms with E-state index < -0.39 is 6.04 Å². The fraction of sp³-hybridized carbons (Fsp3) is 0.333. The molecule has 0 radical (unpaired) electrons. The van der Waals surface area contributed by atoms with Gasteiger partial charge in [-0.2, -0.15) is 0 Å². The Labute approximate surface area is 143 Å². The monoisotopic (exact) mass is 352 g/mol. The molecule has 122 valence electrons. The van der Waals surface area contributed by atoms with Crippen LogP contribution in [0, 0.1) is 0 Å². The van der Waals surface area contributed by atoms with Gasteiger partial charge in [-0.15, -0.1) is 21.8 Å². The molecule has 0 spiro atoms. The zero-order chi connectivity index (χ0) is 16.7. The Hall–Kier alpha value is -1.99. The third-order valence-corrected chi connectivity index (χ3v) is 4.14. The van der Waals surface area contributed by atoms with E-state index in [1.165, 1.54) is 11.3 Å². The average Bonchev–Trinajstić information content (AvgIpc) is 3.02. The smallest absolute Gasteiger partial charge is 0.248 e. The summed E-state index contributed by atoms with van der Waals surface area (Å²) in [6.07, 6.45) is 0.886. The number of anilines is 1. The van der Waals surface area contributed by atoms with Crippen LogP contribution in [-0.2, 0) is 9.59 Å². The van der Waals surface area contributed by atoms with Crippen LogP contribution in [0.5, 0.6) is 0 Å². The minimum atomic E-state index is -0.651. The van der Waals surface area contributed by atoms with E-state index in [1.54, 1.807) is 6.92 Å². The highest BCUT2D eigenvalue weighted by molar-refractivity contribution is 7.18. The van der Waals surface area contributed by atoms with Gasteiger partial charge in [0.25, 0.3) is 0 Å². The van der Waals surface area contributed by atoms with Gasteiger partial charge in [0.15, 0.2) is 0 Å². The predicted octanol–water partition coefficient (Wildman–Crippen LogP) is 2.67. The van der Waals surface area contributed by atoms with Gasteiger partial charge in [-0.05, 0) is 13.3 Å². The van der Waals surface area contributed by atoms with Gasteiger partial charge in [-0.3, -0.25) is 14.9 Å². The van der Waals surface area contributed by atoms with E-state index in [1.807, 2.05) is 30.3 Å². The summed E-state index contributed by atoms with van der Waals surface area (Å²) in [5, 5.41) is 14.4. The SMILES string of the molecule is CC(NC(=O)CCCCl)C(=O)Nc1nnc(-c2ccccc2)s1. The van der Waals surface area contributed by atoms with Crippen LogP contribution in [0.3, 0.4) is 0 Å². The number of rotatable bonds is 7. The molecule has 8 heteroatoms. The molecule has 2 rings (SSSR count). The molecule has 1 aromatic heterocycles. The van der Waals surface area contributed by atoms with Gasteiger partial charge in [0, 0.05) is 17.9 Å². The minimum Gasteiger partial charge on any atom is -0.345 e. The molecule has 0 bridgehead atoms. The second kappa shape index (κ2) is 8.59. The average molecular weight is 353 g/mol. The second-order valence-electron chi connectivity index (χ2n) is 4.85. The lowest BCUT2D eigenvalue weighted by atomic mass is 10.2. The molecule has 0 aliphatic heterocycles. The normalized spacial score (nSPS) is 11.7. The number of carbonyl (C=O) groups excluding carboxylic acids is 2. The molecule has 0 saturated carbocycles. The van der Waals surface area contributed by atoms with Crippen LogP contribution in [0.2, 0.25) is 0 Å². The molecule has 1 heterocycles. The van der Waals surface area contributed by atoms with E-state index >= 15 is 0 Å². The van der Waals surface area contributed by atoms with Crippen molar-refractivity contribution in [1.82, 2.24) is 15.5 Å². The van der Waals surface area contributed by atoms with Crippen molar-refractivity contribution in [3.63, 3.8) is 0 Å². The lowest BCUT2D eigenvalue weighted by Gasteiger charge is -2.12. The summed E-state index contributed by atoms with van der Waals surface area (Å²) in [5.41, 5.74) is 0.938.